The van der Waals surface area contributed by atoms with Crippen molar-refractivity contribution in [1.29, 1.82) is 0 Å². The highest BCUT2D eigenvalue weighted by atomic mass is 16.5. The van der Waals surface area contributed by atoms with Crippen LogP contribution in [0.3, 0.4) is 0 Å². The molecule has 0 saturated heterocycles. The fourth-order valence-electron chi connectivity index (χ4n) is 4.14. The first-order chi connectivity index (χ1) is 16.6. The van der Waals surface area contributed by atoms with E-state index in [-0.39, 0.29) is 29.0 Å². The van der Waals surface area contributed by atoms with Gasteiger partial charge in [0, 0.05) is 0 Å². The summed E-state index contributed by atoms with van der Waals surface area (Å²) in [5.74, 6) is 0.410. The average Bonchev–Trinajstić information content (AvgIpc) is 2.88. The van der Waals surface area contributed by atoms with Gasteiger partial charge in [0.2, 0.25) is 0 Å². The minimum atomic E-state index is -0.332. The number of rotatable bonds is 5. The maximum absolute atomic E-state index is 12.6. The lowest BCUT2D eigenvalue weighted by Crippen LogP contribution is -2.20. The molecule has 0 saturated carbocycles. The van der Waals surface area contributed by atoms with Crippen LogP contribution >= 0.6 is 0 Å². The van der Waals surface area contributed by atoms with Crippen LogP contribution < -0.4 is 4.74 Å². The van der Waals surface area contributed by atoms with Crippen molar-refractivity contribution in [3.05, 3.63) is 125 Å². The predicted octanol–water partition coefficient (Wildman–Crippen LogP) is 6.66. The van der Waals surface area contributed by atoms with Gasteiger partial charge in [-0.25, -0.2) is 0 Å². The summed E-state index contributed by atoms with van der Waals surface area (Å²) in [7, 11) is 0. The first-order valence-electron chi connectivity index (χ1n) is 11.1. The summed E-state index contributed by atoms with van der Waals surface area (Å²) < 4.78 is 6.13. The van der Waals surface area contributed by atoms with E-state index < -0.39 is 0 Å². The molecule has 0 bridgehead atoms. The van der Waals surface area contributed by atoms with Crippen LogP contribution in [-0.2, 0) is 0 Å². The normalized spacial score (nSPS) is 15.1. The molecule has 0 radical (unpaired) electrons. The molecule has 166 valence electrons. The molecular formula is C30H22O4. The standard InChI is InChI=1S/C30H22O4/c31-26-13-3-1-11-24(26)27(32)16-15-20-7-5-8-21(17-20)22-9-6-10-23(18-22)30-19-28(33)25-12-2-4-14-29(25)34-30/h1-18,30-31H,19H2/b16-15+. The summed E-state index contributed by atoms with van der Waals surface area (Å²) in [6.07, 6.45) is 3.17. The van der Waals surface area contributed by atoms with Crippen molar-refractivity contribution in [2.24, 2.45) is 0 Å². The number of ether oxygens (including phenoxy) is 1. The Labute approximate surface area is 197 Å². The number of para-hydroxylation sites is 2. The van der Waals surface area contributed by atoms with Gasteiger partial charge in [-0.05, 0) is 64.7 Å². The smallest absolute Gasteiger partial charge is 0.189 e. The number of carbonyl (C=O) groups is 2. The summed E-state index contributed by atoms with van der Waals surface area (Å²) in [5, 5.41) is 9.89. The molecule has 0 fully saturated rings. The minimum Gasteiger partial charge on any atom is -0.507 e. The van der Waals surface area contributed by atoms with E-state index in [1.807, 2.05) is 66.7 Å². The molecule has 0 spiro atoms. The number of Topliss-reactive ketones (excluding diaryl/α,β-unsaturated/α-hetero) is 1. The highest BCUT2D eigenvalue weighted by Crippen LogP contribution is 2.36. The van der Waals surface area contributed by atoms with Crippen LogP contribution in [0.2, 0.25) is 0 Å². The summed E-state index contributed by atoms with van der Waals surface area (Å²) >= 11 is 0. The number of phenolic OH excluding ortho intramolecular Hbond substituents is 1. The lowest BCUT2D eigenvalue weighted by molar-refractivity contribution is 0.0849. The predicted molar refractivity (Wildman–Crippen MR) is 132 cm³/mol. The summed E-state index contributed by atoms with van der Waals surface area (Å²) in [4.78, 5) is 25.0. The largest absolute Gasteiger partial charge is 0.507 e. The maximum Gasteiger partial charge on any atom is 0.189 e. The van der Waals surface area contributed by atoms with E-state index in [2.05, 4.69) is 0 Å². The second-order valence-electron chi connectivity index (χ2n) is 8.20. The average molecular weight is 447 g/mol. The number of ketones is 2. The molecule has 1 unspecified atom stereocenters. The molecule has 1 aliphatic heterocycles. The molecule has 4 nitrogen and oxygen atoms in total. The van der Waals surface area contributed by atoms with Gasteiger partial charge in [0.05, 0.1) is 17.5 Å². The molecule has 4 heteroatoms. The molecule has 0 amide bonds. The van der Waals surface area contributed by atoms with Crippen molar-refractivity contribution in [2.75, 3.05) is 0 Å². The third-order valence-electron chi connectivity index (χ3n) is 5.90. The quantitative estimate of drug-likeness (QED) is 0.275. The number of carbonyl (C=O) groups excluding carboxylic acids is 2. The summed E-state index contributed by atoms with van der Waals surface area (Å²) in [6, 6.07) is 29.7. The molecule has 1 atom stereocenters. The van der Waals surface area contributed by atoms with E-state index >= 15 is 0 Å². The molecule has 0 aromatic heterocycles. The number of hydrogen-bond acceptors (Lipinski definition) is 4. The van der Waals surface area contributed by atoms with E-state index in [0.29, 0.717) is 17.7 Å². The third-order valence-corrected chi connectivity index (χ3v) is 5.90. The van der Waals surface area contributed by atoms with Crippen LogP contribution in [0.5, 0.6) is 11.5 Å². The molecular weight excluding hydrogens is 424 g/mol. The van der Waals surface area contributed by atoms with Crippen LogP contribution in [0.25, 0.3) is 17.2 Å². The van der Waals surface area contributed by atoms with Crippen LogP contribution in [0.15, 0.2) is 103 Å². The van der Waals surface area contributed by atoms with Gasteiger partial charge < -0.3 is 9.84 Å². The molecule has 1 aliphatic rings. The van der Waals surface area contributed by atoms with E-state index in [1.54, 1.807) is 30.3 Å². The number of aromatic hydroxyl groups is 1. The highest BCUT2D eigenvalue weighted by molar-refractivity contribution is 6.08. The zero-order chi connectivity index (χ0) is 23.5. The van der Waals surface area contributed by atoms with Gasteiger partial charge in [0.25, 0.3) is 0 Å². The van der Waals surface area contributed by atoms with Gasteiger partial charge in [0.15, 0.2) is 11.6 Å². The number of fused-ring (bicyclic) bond motifs is 1. The van der Waals surface area contributed by atoms with Crippen molar-refractivity contribution < 1.29 is 19.4 Å². The number of phenols is 1. The summed E-state index contributed by atoms with van der Waals surface area (Å²) in [6.45, 7) is 0. The third kappa shape index (κ3) is 4.39. The maximum atomic E-state index is 12.6. The fraction of sp³-hybridized carbons (Fsp3) is 0.0667. The Kier molecular flexibility index (Phi) is 5.79. The molecule has 34 heavy (non-hydrogen) atoms. The molecule has 4 aromatic carbocycles. The van der Waals surface area contributed by atoms with Gasteiger partial charge in [-0.15, -0.1) is 0 Å². The molecule has 1 N–H and O–H groups in total. The first-order valence-corrected chi connectivity index (χ1v) is 11.1. The lowest BCUT2D eigenvalue weighted by Gasteiger charge is -2.25. The van der Waals surface area contributed by atoms with Gasteiger partial charge >= 0.3 is 0 Å². The molecule has 0 aliphatic carbocycles. The van der Waals surface area contributed by atoms with Crippen LogP contribution in [0.1, 0.15) is 44.4 Å². The van der Waals surface area contributed by atoms with Crippen molar-refractivity contribution in [1.82, 2.24) is 0 Å². The Morgan fingerprint density at radius 3 is 2.44 bits per heavy atom. The van der Waals surface area contributed by atoms with Gasteiger partial charge in [-0.3, -0.25) is 9.59 Å². The Morgan fingerprint density at radius 1 is 0.853 bits per heavy atom. The SMILES string of the molecule is O=C(/C=C/c1cccc(-c2cccc(C3CC(=O)c4ccccc4O3)c2)c1)c1ccccc1O. The number of hydrogen-bond donors (Lipinski definition) is 1. The summed E-state index contributed by atoms with van der Waals surface area (Å²) in [5.41, 5.74) is 4.69. The Morgan fingerprint density at radius 2 is 1.59 bits per heavy atom. The minimum absolute atomic E-state index is 0.0336. The van der Waals surface area contributed by atoms with Gasteiger partial charge in [0.1, 0.15) is 17.6 Å². The molecule has 5 rings (SSSR count). The highest BCUT2D eigenvalue weighted by Gasteiger charge is 2.27. The fourth-order valence-corrected chi connectivity index (χ4v) is 4.14. The Hall–Kier alpha value is -4.44. The molecule has 1 heterocycles. The van der Waals surface area contributed by atoms with Gasteiger partial charge in [-0.2, -0.15) is 0 Å². The second kappa shape index (κ2) is 9.20. The first kappa shape index (κ1) is 21.4. The number of benzene rings is 4. The van der Waals surface area contributed by atoms with Crippen molar-refractivity contribution in [3.8, 4) is 22.6 Å². The zero-order valence-corrected chi connectivity index (χ0v) is 18.3. The van der Waals surface area contributed by atoms with E-state index in [9.17, 15) is 14.7 Å². The topological polar surface area (TPSA) is 63.6 Å². The van der Waals surface area contributed by atoms with Crippen LogP contribution in [-0.4, -0.2) is 16.7 Å². The second-order valence-corrected chi connectivity index (χ2v) is 8.20. The lowest BCUT2D eigenvalue weighted by atomic mass is 9.94. The van der Waals surface area contributed by atoms with E-state index in [4.69, 9.17) is 4.74 Å². The Balaban J connectivity index is 1.38. The zero-order valence-electron chi connectivity index (χ0n) is 18.3. The Bertz CT molecular complexity index is 1420. The van der Waals surface area contributed by atoms with E-state index in [1.165, 1.54) is 12.1 Å². The monoisotopic (exact) mass is 446 g/mol. The van der Waals surface area contributed by atoms with Gasteiger partial charge in [-0.1, -0.05) is 66.7 Å². The van der Waals surface area contributed by atoms with E-state index in [0.717, 1.165) is 22.3 Å². The van der Waals surface area contributed by atoms with Crippen molar-refractivity contribution in [2.45, 2.75) is 12.5 Å². The van der Waals surface area contributed by atoms with Crippen LogP contribution in [0, 0.1) is 0 Å². The molecule has 4 aromatic rings. The van der Waals surface area contributed by atoms with Crippen molar-refractivity contribution in [3.63, 3.8) is 0 Å². The van der Waals surface area contributed by atoms with Crippen LogP contribution in [0.4, 0.5) is 0 Å². The number of allylic oxidation sites excluding steroid dienone is 1. The van der Waals surface area contributed by atoms with Crippen molar-refractivity contribution >= 4 is 17.6 Å².